The molecule has 1 atom stereocenters. The van der Waals surface area contributed by atoms with Gasteiger partial charge in [-0.3, -0.25) is 14.4 Å². The second kappa shape index (κ2) is 10.2. The monoisotopic (exact) mass is 423 g/mol. The van der Waals surface area contributed by atoms with Gasteiger partial charge in [-0.1, -0.05) is 43.3 Å². The lowest BCUT2D eigenvalue weighted by atomic mass is 9.90. The molecule has 3 rings (SSSR count). The number of hydrogen-bond donors (Lipinski definition) is 2. The number of rotatable bonds is 7. The van der Waals surface area contributed by atoms with Crippen LogP contribution in [0.15, 0.2) is 54.6 Å². The third-order valence-electron chi connectivity index (χ3n) is 5.74. The summed E-state index contributed by atoms with van der Waals surface area (Å²) in [6, 6.07) is 16.6. The molecule has 1 saturated heterocycles. The van der Waals surface area contributed by atoms with Gasteiger partial charge in [-0.25, -0.2) is 0 Å². The molecule has 3 amide bonds. The summed E-state index contributed by atoms with van der Waals surface area (Å²) in [4.78, 5) is 38.8. The average molecular weight is 424 g/mol. The number of carbonyl (C=O) groups is 3. The van der Waals surface area contributed by atoms with E-state index in [2.05, 4.69) is 10.6 Å². The molecule has 0 bridgehead atoms. The fourth-order valence-corrected chi connectivity index (χ4v) is 3.83. The van der Waals surface area contributed by atoms with E-state index in [0.717, 1.165) is 24.1 Å². The van der Waals surface area contributed by atoms with E-state index in [9.17, 15) is 14.4 Å². The Kier molecular flexibility index (Phi) is 7.41. The van der Waals surface area contributed by atoms with E-state index in [4.69, 9.17) is 4.74 Å². The Morgan fingerprint density at radius 3 is 2.52 bits per heavy atom. The van der Waals surface area contributed by atoms with E-state index in [1.807, 2.05) is 43.3 Å². The smallest absolute Gasteiger partial charge is 0.313 e. The molecule has 1 aliphatic heterocycles. The van der Waals surface area contributed by atoms with Gasteiger partial charge >= 0.3 is 11.8 Å². The third kappa shape index (κ3) is 5.30. The summed E-state index contributed by atoms with van der Waals surface area (Å²) in [6.45, 7) is 2.79. The molecule has 1 fully saturated rings. The van der Waals surface area contributed by atoms with Crippen molar-refractivity contribution in [3.8, 4) is 0 Å². The molecule has 0 radical (unpaired) electrons. The number of ether oxygens (including phenoxy) is 1. The fraction of sp³-hybridized carbons (Fsp3) is 0.375. The Morgan fingerprint density at radius 2 is 1.84 bits per heavy atom. The zero-order valence-corrected chi connectivity index (χ0v) is 18.0. The van der Waals surface area contributed by atoms with Crippen molar-refractivity contribution in [3.63, 3.8) is 0 Å². The molecule has 31 heavy (non-hydrogen) atoms. The van der Waals surface area contributed by atoms with Crippen LogP contribution in [0, 0.1) is 0 Å². The van der Waals surface area contributed by atoms with Crippen molar-refractivity contribution >= 4 is 29.1 Å². The van der Waals surface area contributed by atoms with Crippen LogP contribution in [-0.2, 0) is 24.7 Å². The van der Waals surface area contributed by atoms with Crippen LogP contribution in [-0.4, -0.2) is 37.9 Å². The van der Waals surface area contributed by atoms with Crippen LogP contribution in [0.5, 0.6) is 0 Å². The van der Waals surface area contributed by atoms with E-state index in [1.165, 1.54) is 0 Å². The summed E-state index contributed by atoms with van der Waals surface area (Å²) in [5.74, 6) is -1.44. The van der Waals surface area contributed by atoms with E-state index in [0.29, 0.717) is 25.1 Å². The van der Waals surface area contributed by atoms with E-state index in [-0.39, 0.29) is 12.5 Å². The normalized spacial score (nSPS) is 15.8. The van der Waals surface area contributed by atoms with Gasteiger partial charge in [0.1, 0.15) is 5.60 Å². The molecule has 2 aromatic rings. The lowest BCUT2D eigenvalue weighted by Crippen LogP contribution is -2.45. The van der Waals surface area contributed by atoms with Gasteiger partial charge in [-0.15, -0.1) is 0 Å². The van der Waals surface area contributed by atoms with E-state index >= 15 is 0 Å². The van der Waals surface area contributed by atoms with Crippen LogP contribution >= 0.6 is 0 Å². The molecule has 7 nitrogen and oxygen atoms in total. The second-order valence-electron chi connectivity index (χ2n) is 7.61. The van der Waals surface area contributed by atoms with Crippen LogP contribution in [0.25, 0.3) is 0 Å². The highest BCUT2D eigenvalue weighted by atomic mass is 16.5. The lowest BCUT2D eigenvalue weighted by Gasteiger charge is -2.32. The van der Waals surface area contributed by atoms with Gasteiger partial charge in [-0.2, -0.15) is 0 Å². The van der Waals surface area contributed by atoms with Gasteiger partial charge in [0.25, 0.3) is 0 Å². The minimum atomic E-state index is -0.767. The van der Waals surface area contributed by atoms with E-state index in [1.54, 1.807) is 30.2 Å². The Labute approximate surface area is 182 Å². The predicted molar refractivity (Wildman–Crippen MR) is 120 cm³/mol. The van der Waals surface area contributed by atoms with E-state index < -0.39 is 17.4 Å². The maximum absolute atomic E-state index is 12.5. The molecule has 0 aromatic heterocycles. The molecule has 7 heteroatoms. The number of anilines is 2. The Balaban J connectivity index is 1.63. The number of amides is 3. The van der Waals surface area contributed by atoms with Crippen LogP contribution < -0.4 is 15.5 Å². The Hall–Kier alpha value is -3.19. The summed E-state index contributed by atoms with van der Waals surface area (Å²) in [5, 5.41) is 5.31. The first kappa shape index (κ1) is 22.5. The summed E-state index contributed by atoms with van der Waals surface area (Å²) in [7, 11) is 1.59. The topological polar surface area (TPSA) is 87.7 Å². The zero-order valence-electron chi connectivity index (χ0n) is 18.0. The predicted octanol–water partition coefficient (Wildman–Crippen LogP) is 3.21. The van der Waals surface area contributed by atoms with Crippen LogP contribution in [0.3, 0.4) is 0 Å². The highest BCUT2D eigenvalue weighted by molar-refractivity contribution is 6.39. The van der Waals surface area contributed by atoms with Crippen molar-refractivity contribution in [2.45, 2.75) is 38.2 Å². The van der Waals surface area contributed by atoms with Crippen LogP contribution in [0.1, 0.15) is 38.2 Å². The van der Waals surface area contributed by atoms with Gasteiger partial charge in [0.05, 0.1) is 6.54 Å². The highest BCUT2D eigenvalue weighted by Gasteiger charge is 2.31. The number of benzene rings is 2. The first-order valence-corrected chi connectivity index (χ1v) is 10.6. The largest absolute Gasteiger partial charge is 0.372 e. The summed E-state index contributed by atoms with van der Waals surface area (Å²) in [6.07, 6.45) is 3.00. The fourth-order valence-electron chi connectivity index (χ4n) is 3.83. The molecular formula is C24H29N3O4. The zero-order chi connectivity index (χ0) is 22.3. The van der Waals surface area contributed by atoms with Crippen molar-refractivity contribution in [2.24, 2.45) is 0 Å². The van der Waals surface area contributed by atoms with Gasteiger partial charge in [0.15, 0.2) is 0 Å². The first-order chi connectivity index (χ1) is 15.0. The minimum Gasteiger partial charge on any atom is -0.372 e. The molecule has 2 N–H and O–H groups in total. The van der Waals surface area contributed by atoms with Crippen LogP contribution in [0.2, 0.25) is 0 Å². The maximum Gasteiger partial charge on any atom is 0.313 e. The van der Waals surface area contributed by atoms with Gasteiger partial charge in [0.2, 0.25) is 5.91 Å². The molecule has 1 unspecified atom stereocenters. The molecule has 164 valence electrons. The number of methoxy groups -OCH3 is 1. The first-order valence-electron chi connectivity index (χ1n) is 10.6. The third-order valence-corrected chi connectivity index (χ3v) is 5.74. The van der Waals surface area contributed by atoms with Crippen molar-refractivity contribution in [1.82, 2.24) is 5.32 Å². The maximum atomic E-state index is 12.5. The molecule has 2 aromatic carbocycles. The summed E-state index contributed by atoms with van der Waals surface area (Å²) < 4.78 is 5.73. The summed E-state index contributed by atoms with van der Waals surface area (Å²) >= 11 is 0. The standard InChI is InChI=1S/C24H29N3O4/c1-3-24(31-2,18-10-5-4-6-11-18)17-25-22(29)23(30)26-19-12-9-13-20(16-19)27-15-8-7-14-21(27)28/h4-6,9-13,16H,3,7-8,14-15,17H2,1-2H3,(H,25,29)(H,26,30). The summed E-state index contributed by atoms with van der Waals surface area (Å²) in [5.41, 5.74) is 1.40. The Bertz CT molecular complexity index is 925. The molecule has 0 spiro atoms. The van der Waals surface area contributed by atoms with Crippen molar-refractivity contribution in [2.75, 3.05) is 30.4 Å². The number of piperidine rings is 1. The highest BCUT2D eigenvalue weighted by Crippen LogP contribution is 2.28. The van der Waals surface area contributed by atoms with Gasteiger partial charge < -0.3 is 20.3 Å². The van der Waals surface area contributed by atoms with Crippen molar-refractivity contribution in [1.29, 1.82) is 0 Å². The number of nitrogens with zero attached hydrogens (tertiary/aromatic N) is 1. The second-order valence-corrected chi connectivity index (χ2v) is 7.61. The lowest BCUT2D eigenvalue weighted by molar-refractivity contribution is -0.137. The van der Waals surface area contributed by atoms with Crippen molar-refractivity contribution < 1.29 is 19.1 Å². The van der Waals surface area contributed by atoms with Crippen molar-refractivity contribution in [3.05, 3.63) is 60.2 Å². The minimum absolute atomic E-state index is 0.0730. The van der Waals surface area contributed by atoms with Gasteiger partial charge in [-0.05, 0) is 43.0 Å². The quantitative estimate of drug-likeness (QED) is 0.670. The van der Waals surface area contributed by atoms with Gasteiger partial charge in [0, 0.05) is 31.5 Å². The average Bonchev–Trinajstić information content (AvgIpc) is 2.81. The number of hydrogen-bond acceptors (Lipinski definition) is 4. The molecule has 1 aliphatic rings. The number of nitrogens with one attached hydrogen (secondary N) is 2. The molecule has 0 saturated carbocycles. The number of carbonyl (C=O) groups excluding carboxylic acids is 3. The Morgan fingerprint density at radius 1 is 1.06 bits per heavy atom. The molecular weight excluding hydrogens is 394 g/mol. The molecule has 1 heterocycles. The van der Waals surface area contributed by atoms with Crippen LogP contribution in [0.4, 0.5) is 11.4 Å². The molecule has 0 aliphatic carbocycles. The SMILES string of the molecule is CCC(CNC(=O)C(=O)Nc1cccc(N2CCCCC2=O)c1)(OC)c1ccccc1.